The molecular weight excluding hydrogens is 358 g/mol. The largest absolute Gasteiger partial charge is 0.497 e. The summed E-state index contributed by atoms with van der Waals surface area (Å²) in [6.45, 7) is 0.573. The number of nitrogens with zero attached hydrogens (tertiary/aromatic N) is 1. The highest BCUT2D eigenvalue weighted by Crippen LogP contribution is 2.33. The van der Waals surface area contributed by atoms with E-state index >= 15 is 0 Å². The molecule has 0 spiro atoms. The van der Waals surface area contributed by atoms with Gasteiger partial charge in [0.1, 0.15) is 5.75 Å². The summed E-state index contributed by atoms with van der Waals surface area (Å²) >= 11 is 0. The second kappa shape index (κ2) is 6.93. The molecule has 3 nitrogen and oxygen atoms in total. The van der Waals surface area contributed by atoms with Gasteiger partial charge in [0.15, 0.2) is 0 Å². The Balaban J connectivity index is 1.44. The van der Waals surface area contributed by atoms with Crippen molar-refractivity contribution < 1.29 is 9.53 Å². The van der Waals surface area contributed by atoms with E-state index in [0.29, 0.717) is 6.54 Å². The molecule has 0 N–H and O–H groups in total. The van der Waals surface area contributed by atoms with Crippen molar-refractivity contribution in [1.82, 2.24) is 4.90 Å². The molecule has 0 saturated carbocycles. The second-order valence-electron chi connectivity index (χ2n) is 7.82. The Bertz CT molecular complexity index is 1250. The van der Waals surface area contributed by atoms with Gasteiger partial charge < -0.3 is 9.64 Å². The summed E-state index contributed by atoms with van der Waals surface area (Å²) in [5.41, 5.74) is 4.63. The van der Waals surface area contributed by atoms with Gasteiger partial charge >= 0.3 is 0 Å². The Morgan fingerprint density at radius 3 is 2.52 bits per heavy atom. The number of carbonyl (C=O) groups excluding carboxylic acids is 1. The van der Waals surface area contributed by atoms with Crippen LogP contribution in [0.1, 0.15) is 27.0 Å². The van der Waals surface area contributed by atoms with Crippen LogP contribution in [-0.2, 0) is 19.4 Å². The molecule has 144 valence electrons. The van der Waals surface area contributed by atoms with E-state index < -0.39 is 0 Å². The van der Waals surface area contributed by atoms with E-state index in [0.717, 1.165) is 45.9 Å². The summed E-state index contributed by atoms with van der Waals surface area (Å²) in [4.78, 5) is 15.1. The third-order valence-corrected chi connectivity index (χ3v) is 5.99. The van der Waals surface area contributed by atoms with Crippen LogP contribution in [0.15, 0.2) is 66.7 Å². The molecule has 1 aliphatic carbocycles. The number of rotatable bonds is 4. The van der Waals surface area contributed by atoms with Crippen molar-refractivity contribution in [2.24, 2.45) is 0 Å². The zero-order valence-corrected chi connectivity index (χ0v) is 16.7. The van der Waals surface area contributed by atoms with Gasteiger partial charge in [0, 0.05) is 19.2 Å². The predicted molar refractivity (Wildman–Crippen MR) is 118 cm³/mol. The Kier molecular flexibility index (Phi) is 4.24. The average molecular weight is 381 g/mol. The fourth-order valence-corrected chi connectivity index (χ4v) is 4.48. The van der Waals surface area contributed by atoms with E-state index in [-0.39, 0.29) is 5.91 Å². The van der Waals surface area contributed by atoms with Crippen molar-refractivity contribution in [3.8, 4) is 5.75 Å². The van der Waals surface area contributed by atoms with Gasteiger partial charge in [0.2, 0.25) is 0 Å². The molecule has 1 amide bonds. The molecule has 0 fully saturated rings. The zero-order chi connectivity index (χ0) is 20.0. The minimum Gasteiger partial charge on any atom is -0.497 e. The monoisotopic (exact) mass is 381 g/mol. The molecule has 0 aromatic heterocycles. The van der Waals surface area contributed by atoms with Crippen molar-refractivity contribution in [1.29, 1.82) is 0 Å². The molecule has 4 aromatic rings. The van der Waals surface area contributed by atoms with Gasteiger partial charge in [-0.15, -0.1) is 0 Å². The van der Waals surface area contributed by atoms with Crippen LogP contribution >= 0.6 is 0 Å². The number of hydrogen-bond donors (Lipinski definition) is 0. The number of hydrogen-bond acceptors (Lipinski definition) is 2. The van der Waals surface area contributed by atoms with Crippen molar-refractivity contribution in [2.75, 3.05) is 14.2 Å². The molecule has 29 heavy (non-hydrogen) atoms. The second-order valence-corrected chi connectivity index (χ2v) is 7.82. The zero-order valence-electron chi connectivity index (χ0n) is 16.7. The van der Waals surface area contributed by atoms with Crippen LogP contribution < -0.4 is 4.74 Å². The van der Waals surface area contributed by atoms with Gasteiger partial charge in [0.25, 0.3) is 5.91 Å². The topological polar surface area (TPSA) is 29.5 Å². The summed E-state index contributed by atoms with van der Waals surface area (Å²) in [6, 6.07) is 22.8. The number of benzene rings is 4. The maximum absolute atomic E-state index is 13.3. The summed E-state index contributed by atoms with van der Waals surface area (Å²) in [6.07, 6.45) is 2.14. The van der Waals surface area contributed by atoms with Crippen LogP contribution in [0.3, 0.4) is 0 Å². The molecule has 0 saturated heterocycles. The predicted octanol–water partition coefficient (Wildman–Crippen LogP) is 5.37. The van der Waals surface area contributed by atoms with Crippen LogP contribution in [0.5, 0.6) is 5.75 Å². The Hall–Kier alpha value is -3.33. The molecule has 0 radical (unpaired) electrons. The molecule has 3 heteroatoms. The number of carbonyl (C=O) groups is 1. The van der Waals surface area contributed by atoms with Crippen LogP contribution in [0, 0.1) is 0 Å². The van der Waals surface area contributed by atoms with Crippen molar-refractivity contribution in [3.63, 3.8) is 0 Å². The molecule has 0 bridgehead atoms. The summed E-state index contributed by atoms with van der Waals surface area (Å²) in [7, 11) is 3.56. The van der Waals surface area contributed by atoms with Crippen LogP contribution in [0.2, 0.25) is 0 Å². The Morgan fingerprint density at radius 2 is 1.69 bits per heavy atom. The number of aryl methyl sites for hydroxylation is 2. The van der Waals surface area contributed by atoms with Crippen LogP contribution in [0.25, 0.3) is 21.5 Å². The number of methoxy groups -OCH3 is 1. The number of ether oxygens (including phenoxy) is 1. The first-order valence-corrected chi connectivity index (χ1v) is 9.99. The lowest BCUT2D eigenvalue weighted by Crippen LogP contribution is -2.26. The first-order valence-electron chi connectivity index (χ1n) is 9.99. The molecule has 5 rings (SSSR count). The lowest BCUT2D eigenvalue weighted by atomic mass is 9.99. The van der Waals surface area contributed by atoms with Crippen molar-refractivity contribution >= 4 is 27.5 Å². The molecule has 0 unspecified atom stereocenters. The molecule has 4 aromatic carbocycles. The third-order valence-electron chi connectivity index (χ3n) is 5.99. The van der Waals surface area contributed by atoms with Gasteiger partial charge in [-0.05, 0) is 75.3 Å². The molecule has 1 aliphatic rings. The average Bonchev–Trinajstić information content (AvgIpc) is 3.18. The standard InChI is InChI=1S/C26H23NO2/c1-27(16-17-6-7-21-15-22(29-2)12-10-20(21)14-17)26(28)24-13-11-19-9-8-18-4-3-5-23(24)25(18)19/h3-7,10-15H,8-9,16H2,1-2H3. The fourth-order valence-electron chi connectivity index (χ4n) is 4.48. The summed E-state index contributed by atoms with van der Waals surface area (Å²) in [5, 5.41) is 4.65. The smallest absolute Gasteiger partial charge is 0.254 e. The summed E-state index contributed by atoms with van der Waals surface area (Å²) in [5.74, 6) is 0.917. The van der Waals surface area contributed by atoms with Gasteiger partial charge in [-0.3, -0.25) is 4.79 Å². The minimum atomic E-state index is 0.0652. The Morgan fingerprint density at radius 1 is 0.931 bits per heavy atom. The first kappa shape index (κ1) is 17.7. The van der Waals surface area contributed by atoms with Gasteiger partial charge in [-0.2, -0.15) is 0 Å². The fraction of sp³-hybridized carbons (Fsp3) is 0.192. The van der Waals surface area contributed by atoms with Crippen molar-refractivity contribution in [2.45, 2.75) is 19.4 Å². The maximum atomic E-state index is 13.3. The number of amides is 1. The molecule has 0 atom stereocenters. The first-order chi connectivity index (χ1) is 14.1. The minimum absolute atomic E-state index is 0.0652. The molecule has 0 heterocycles. The highest BCUT2D eigenvalue weighted by atomic mass is 16.5. The lowest BCUT2D eigenvalue weighted by Gasteiger charge is -2.19. The van der Waals surface area contributed by atoms with E-state index in [1.54, 1.807) is 7.11 Å². The van der Waals surface area contributed by atoms with Crippen LogP contribution in [-0.4, -0.2) is 25.0 Å². The lowest BCUT2D eigenvalue weighted by molar-refractivity contribution is 0.0787. The normalized spacial score (nSPS) is 12.5. The molecule has 0 aliphatic heterocycles. The SMILES string of the molecule is COc1ccc2cc(CN(C)C(=O)c3ccc4c5c(cccc35)CC4)ccc2c1. The van der Waals surface area contributed by atoms with E-state index in [9.17, 15) is 4.79 Å². The van der Waals surface area contributed by atoms with Gasteiger partial charge in [0.05, 0.1) is 7.11 Å². The van der Waals surface area contributed by atoms with Crippen molar-refractivity contribution in [3.05, 3.63) is 89.0 Å². The van der Waals surface area contributed by atoms with Gasteiger partial charge in [-0.1, -0.05) is 42.5 Å². The quantitative estimate of drug-likeness (QED) is 0.475. The number of fused-ring (bicyclic) bond motifs is 1. The Labute approximate surface area is 170 Å². The molecular formula is C26H23NO2. The van der Waals surface area contributed by atoms with Crippen LogP contribution in [0.4, 0.5) is 0 Å². The highest BCUT2D eigenvalue weighted by Gasteiger charge is 2.20. The third kappa shape index (κ3) is 3.03. The maximum Gasteiger partial charge on any atom is 0.254 e. The summed E-state index contributed by atoms with van der Waals surface area (Å²) < 4.78 is 5.30. The van der Waals surface area contributed by atoms with E-state index in [1.165, 1.54) is 16.5 Å². The van der Waals surface area contributed by atoms with E-state index in [1.807, 2.05) is 30.1 Å². The van der Waals surface area contributed by atoms with E-state index in [2.05, 4.69) is 48.5 Å². The van der Waals surface area contributed by atoms with Gasteiger partial charge in [-0.25, -0.2) is 0 Å². The van der Waals surface area contributed by atoms with E-state index in [4.69, 9.17) is 4.74 Å². The highest BCUT2D eigenvalue weighted by molar-refractivity contribution is 6.09.